The summed E-state index contributed by atoms with van der Waals surface area (Å²) in [7, 11) is 0. The number of para-hydroxylation sites is 1. The third kappa shape index (κ3) is 2.99. The number of aromatic nitrogens is 2. The summed E-state index contributed by atoms with van der Waals surface area (Å²) in [6.45, 7) is 3.35. The summed E-state index contributed by atoms with van der Waals surface area (Å²) in [5.41, 5.74) is 1.82. The largest absolute Gasteiger partial charge is 0.352 e. The van der Waals surface area contributed by atoms with E-state index in [-0.39, 0.29) is 5.91 Å². The fraction of sp³-hybridized carbons (Fsp3) is 0.529. The van der Waals surface area contributed by atoms with Crippen molar-refractivity contribution < 1.29 is 4.79 Å². The van der Waals surface area contributed by atoms with Gasteiger partial charge in [0.2, 0.25) is 5.91 Å². The Morgan fingerprint density at radius 1 is 1.32 bits per heavy atom. The van der Waals surface area contributed by atoms with E-state index >= 15 is 0 Å². The number of likely N-dealkylation sites (tertiary alicyclic amines) is 1. The van der Waals surface area contributed by atoms with Crippen molar-refractivity contribution in [2.24, 2.45) is 5.92 Å². The van der Waals surface area contributed by atoms with Crippen molar-refractivity contribution in [3.63, 3.8) is 0 Å². The summed E-state index contributed by atoms with van der Waals surface area (Å²) < 4.78 is 0. The lowest BCUT2D eigenvalue weighted by Crippen LogP contribution is -2.38. The van der Waals surface area contributed by atoms with Gasteiger partial charge in [-0.15, -0.1) is 0 Å². The number of nitrogens with zero attached hydrogens (tertiary/aromatic N) is 2. The number of carbonyl (C=O) groups excluding carboxylic acids is 1. The van der Waals surface area contributed by atoms with Gasteiger partial charge in [0.1, 0.15) is 0 Å². The van der Waals surface area contributed by atoms with Gasteiger partial charge in [0.15, 0.2) is 0 Å². The lowest BCUT2D eigenvalue weighted by Gasteiger charge is -2.16. The molecule has 116 valence electrons. The topological polar surface area (TPSA) is 61.0 Å². The Kier molecular flexibility index (Phi) is 3.58. The molecule has 22 heavy (non-hydrogen) atoms. The first-order valence-corrected chi connectivity index (χ1v) is 8.21. The maximum Gasteiger partial charge on any atom is 0.226 e. The van der Waals surface area contributed by atoms with E-state index < -0.39 is 0 Å². The monoisotopic (exact) mass is 298 g/mol. The van der Waals surface area contributed by atoms with Gasteiger partial charge >= 0.3 is 0 Å². The summed E-state index contributed by atoms with van der Waals surface area (Å²) in [6.07, 6.45) is 4.22. The van der Waals surface area contributed by atoms with Gasteiger partial charge in [-0.1, -0.05) is 18.2 Å². The van der Waals surface area contributed by atoms with Gasteiger partial charge < -0.3 is 10.2 Å². The summed E-state index contributed by atoms with van der Waals surface area (Å²) in [5.74, 6) is 1.01. The van der Waals surface area contributed by atoms with Crippen molar-refractivity contribution in [3.8, 4) is 0 Å². The van der Waals surface area contributed by atoms with Crippen molar-refractivity contribution in [3.05, 3.63) is 30.0 Å². The van der Waals surface area contributed by atoms with Crippen LogP contribution in [0.2, 0.25) is 0 Å². The number of carbonyl (C=O) groups is 1. The Hall–Kier alpha value is -1.88. The molecule has 1 aromatic heterocycles. The van der Waals surface area contributed by atoms with Crippen LogP contribution in [0.25, 0.3) is 10.9 Å². The number of hydrogen-bond acceptors (Lipinski definition) is 3. The second-order valence-corrected chi connectivity index (χ2v) is 6.65. The van der Waals surface area contributed by atoms with E-state index in [4.69, 9.17) is 0 Å². The molecule has 2 heterocycles. The van der Waals surface area contributed by atoms with Crippen LogP contribution >= 0.6 is 0 Å². The minimum atomic E-state index is 0.0904. The first kappa shape index (κ1) is 13.8. The summed E-state index contributed by atoms with van der Waals surface area (Å²) in [5, 5.41) is 11.5. The van der Waals surface area contributed by atoms with Crippen molar-refractivity contribution in [1.29, 1.82) is 0 Å². The van der Waals surface area contributed by atoms with Crippen molar-refractivity contribution >= 4 is 16.8 Å². The van der Waals surface area contributed by atoms with E-state index in [1.807, 2.05) is 24.3 Å². The highest BCUT2D eigenvalue weighted by Gasteiger charge is 2.29. The Bertz CT molecular complexity index is 676. The van der Waals surface area contributed by atoms with Crippen molar-refractivity contribution in [2.45, 2.75) is 31.7 Å². The predicted octanol–water partition coefficient (Wildman–Crippen LogP) is 1.71. The van der Waals surface area contributed by atoms with Crippen LogP contribution in [0.1, 0.15) is 25.0 Å². The molecular weight excluding hydrogens is 276 g/mol. The Labute approximate surface area is 130 Å². The molecule has 1 atom stereocenters. The molecule has 2 fully saturated rings. The van der Waals surface area contributed by atoms with Gasteiger partial charge in [-0.25, -0.2) is 0 Å². The van der Waals surface area contributed by atoms with E-state index in [0.717, 1.165) is 42.0 Å². The molecule has 1 unspecified atom stereocenters. The molecule has 0 bridgehead atoms. The molecule has 1 saturated heterocycles. The smallest absolute Gasteiger partial charge is 0.226 e. The van der Waals surface area contributed by atoms with Crippen LogP contribution in [0.4, 0.5) is 0 Å². The van der Waals surface area contributed by atoms with Crippen LogP contribution in [-0.4, -0.2) is 46.7 Å². The number of nitrogens with one attached hydrogen (secondary N) is 2. The van der Waals surface area contributed by atoms with E-state index in [0.29, 0.717) is 12.5 Å². The molecule has 2 aromatic rings. The summed E-state index contributed by atoms with van der Waals surface area (Å²) in [6, 6.07) is 8.21. The molecule has 1 aliphatic carbocycles. The molecule has 2 aliphatic rings. The average molecular weight is 298 g/mol. The lowest BCUT2D eigenvalue weighted by atomic mass is 10.1. The standard InChI is InChI=1S/C17H22N4O/c22-17(9-16-14-3-1-2-4-15(14)19-20-16)18-13-7-8-21(11-13)10-12-5-6-12/h1-4,12-13H,5-11H2,(H,18,22)(H,19,20). The number of rotatable bonds is 5. The Morgan fingerprint density at radius 2 is 2.18 bits per heavy atom. The maximum atomic E-state index is 12.3. The van der Waals surface area contributed by atoms with E-state index in [9.17, 15) is 4.79 Å². The first-order chi connectivity index (χ1) is 10.8. The average Bonchev–Trinajstić information content (AvgIpc) is 3.08. The van der Waals surface area contributed by atoms with Gasteiger partial charge in [0.05, 0.1) is 17.6 Å². The molecule has 1 amide bonds. The molecule has 1 aromatic carbocycles. The van der Waals surface area contributed by atoms with E-state index in [2.05, 4.69) is 20.4 Å². The minimum Gasteiger partial charge on any atom is -0.352 e. The second-order valence-electron chi connectivity index (χ2n) is 6.65. The van der Waals surface area contributed by atoms with Crippen LogP contribution < -0.4 is 5.32 Å². The minimum absolute atomic E-state index is 0.0904. The highest BCUT2D eigenvalue weighted by Crippen LogP contribution is 2.30. The third-order valence-electron chi connectivity index (χ3n) is 4.73. The number of amides is 1. The van der Waals surface area contributed by atoms with Crippen molar-refractivity contribution in [2.75, 3.05) is 19.6 Å². The van der Waals surface area contributed by atoms with E-state index in [1.54, 1.807) is 0 Å². The molecule has 2 N–H and O–H groups in total. The fourth-order valence-corrected chi connectivity index (χ4v) is 3.37. The highest BCUT2D eigenvalue weighted by atomic mass is 16.1. The van der Waals surface area contributed by atoms with Crippen LogP contribution in [0.15, 0.2) is 24.3 Å². The third-order valence-corrected chi connectivity index (χ3v) is 4.73. The van der Waals surface area contributed by atoms with E-state index in [1.165, 1.54) is 19.4 Å². The zero-order chi connectivity index (χ0) is 14.9. The van der Waals surface area contributed by atoms with Gasteiger partial charge in [-0.05, 0) is 31.2 Å². The fourth-order valence-electron chi connectivity index (χ4n) is 3.37. The van der Waals surface area contributed by atoms with Gasteiger partial charge in [0, 0.05) is 31.1 Å². The SMILES string of the molecule is O=C(Cc1[nH]nc2ccccc12)NC1CCN(CC2CC2)C1. The van der Waals surface area contributed by atoms with Gasteiger partial charge in [0.25, 0.3) is 0 Å². The summed E-state index contributed by atoms with van der Waals surface area (Å²) in [4.78, 5) is 14.8. The zero-order valence-corrected chi connectivity index (χ0v) is 12.7. The first-order valence-electron chi connectivity index (χ1n) is 8.21. The molecular formula is C17H22N4O. The Morgan fingerprint density at radius 3 is 3.05 bits per heavy atom. The molecule has 0 radical (unpaired) electrons. The number of benzene rings is 1. The van der Waals surface area contributed by atoms with Crippen molar-refractivity contribution in [1.82, 2.24) is 20.4 Å². The van der Waals surface area contributed by atoms with Crippen LogP contribution in [0, 0.1) is 5.92 Å². The van der Waals surface area contributed by atoms with Gasteiger partial charge in [-0.3, -0.25) is 9.89 Å². The van der Waals surface area contributed by atoms with Crippen LogP contribution in [0.5, 0.6) is 0 Å². The zero-order valence-electron chi connectivity index (χ0n) is 12.7. The highest BCUT2D eigenvalue weighted by molar-refractivity contribution is 5.87. The van der Waals surface area contributed by atoms with Gasteiger partial charge in [-0.2, -0.15) is 5.10 Å². The molecule has 5 nitrogen and oxygen atoms in total. The quantitative estimate of drug-likeness (QED) is 0.883. The number of aromatic amines is 1. The number of H-pyrrole nitrogens is 1. The Balaban J connectivity index is 1.32. The number of hydrogen-bond donors (Lipinski definition) is 2. The van der Waals surface area contributed by atoms with Crippen LogP contribution in [-0.2, 0) is 11.2 Å². The molecule has 4 rings (SSSR count). The maximum absolute atomic E-state index is 12.3. The lowest BCUT2D eigenvalue weighted by molar-refractivity contribution is -0.121. The predicted molar refractivity (Wildman–Crippen MR) is 85.5 cm³/mol. The normalized spacial score (nSPS) is 22.3. The second kappa shape index (κ2) is 5.72. The van der Waals surface area contributed by atoms with Crippen LogP contribution in [0.3, 0.4) is 0 Å². The molecule has 5 heteroatoms. The molecule has 1 saturated carbocycles. The number of fused-ring (bicyclic) bond motifs is 1. The molecule has 0 spiro atoms. The summed E-state index contributed by atoms with van der Waals surface area (Å²) >= 11 is 0. The molecule has 1 aliphatic heterocycles.